The summed E-state index contributed by atoms with van der Waals surface area (Å²) in [5.74, 6) is 1.47. The molecule has 0 bridgehead atoms. The third-order valence-corrected chi connectivity index (χ3v) is 10.9. The number of carbonyl (C=O) groups is 2. The van der Waals surface area contributed by atoms with Crippen molar-refractivity contribution >= 4 is 35.6 Å². The Morgan fingerprint density at radius 1 is 0.630 bits per heavy atom. The molecule has 10 heteroatoms. The topological polar surface area (TPSA) is 106 Å². The summed E-state index contributed by atoms with van der Waals surface area (Å²) in [5, 5.41) is 0. The molecule has 10 nitrogen and oxygen atoms in total. The number of hydrogen-bond donors (Lipinski definition) is 0. The van der Waals surface area contributed by atoms with Crippen molar-refractivity contribution in [2.24, 2.45) is 9.98 Å². The molecule has 4 aromatic carbocycles. The molecule has 0 spiro atoms. The van der Waals surface area contributed by atoms with Gasteiger partial charge in [-0.05, 0) is 78.3 Å². The number of benzene rings is 4. The second-order valence-electron chi connectivity index (χ2n) is 14.3. The van der Waals surface area contributed by atoms with Crippen molar-refractivity contribution in [3.63, 3.8) is 0 Å². The van der Waals surface area contributed by atoms with E-state index in [2.05, 4.69) is 24.3 Å². The third-order valence-electron chi connectivity index (χ3n) is 10.9. The zero-order valence-electron chi connectivity index (χ0n) is 30.4. The summed E-state index contributed by atoms with van der Waals surface area (Å²) in [5.41, 5.74) is 10.3. The highest BCUT2D eigenvalue weighted by molar-refractivity contribution is 6.04. The Kier molecular flexibility index (Phi) is 8.45. The summed E-state index contributed by atoms with van der Waals surface area (Å²) in [6.45, 7) is 5.42. The van der Waals surface area contributed by atoms with Crippen LogP contribution >= 0.6 is 0 Å². The van der Waals surface area contributed by atoms with Gasteiger partial charge in [0.05, 0.1) is 53.1 Å². The van der Waals surface area contributed by atoms with Gasteiger partial charge in [-0.25, -0.2) is 0 Å². The van der Waals surface area contributed by atoms with Gasteiger partial charge in [-0.15, -0.1) is 0 Å². The first-order valence-electron chi connectivity index (χ1n) is 18.2. The molecule has 5 heterocycles. The van der Waals surface area contributed by atoms with Crippen molar-refractivity contribution in [3.8, 4) is 17.2 Å². The molecule has 0 radical (unpaired) electrons. The fraction of sp³-hybridized carbons (Fsp3) is 0.250. The number of amides is 2. The van der Waals surface area contributed by atoms with E-state index in [1.54, 1.807) is 19.2 Å². The van der Waals surface area contributed by atoms with Crippen LogP contribution in [-0.4, -0.2) is 58.2 Å². The van der Waals surface area contributed by atoms with E-state index < -0.39 is 0 Å². The van der Waals surface area contributed by atoms with Crippen molar-refractivity contribution in [2.45, 2.75) is 65.1 Å². The zero-order valence-corrected chi connectivity index (χ0v) is 30.4. The molecule has 5 aromatic rings. The summed E-state index contributed by atoms with van der Waals surface area (Å²) < 4.78 is 18.3. The number of aliphatic imine (C=N–C) groups is 2. The molecule has 0 N–H and O–H groups in total. The largest absolute Gasteiger partial charge is 0.493 e. The molecule has 0 fully saturated rings. The maximum absolute atomic E-state index is 13.8. The Bertz CT molecular complexity index is 2400. The Hall–Kier alpha value is -6.29. The van der Waals surface area contributed by atoms with Gasteiger partial charge >= 0.3 is 0 Å². The van der Waals surface area contributed by atoms with Crippen LogP contribution in [-0.2, 0) is 39.1 Å². The number of aromatic nitrogens is 1. The van der Waals surface area contributed by atoms with Crippen LogP contribution in [0.5, 0.6) is 17.2 Å². The van der Waals surface area contributed by atoms with Crippen molar-refractivity contribution in [1.29, 1.82) is 0 Å². The molecular weight excluding hydrogens is 679 g/mol. The highest BCUT2D eigenvalue weighted by Gasteiger charge is 2.34. The van der Waals surface area contributed by atoms with Gasteiger partial charge < -0.3 is 24.0 Å². The van der Waals surface area contributed by atoms with Crippen LogP contribution in [0.1, 0.15) is 65.5 Å². The maximum Gasteiger partial charge on any atom is 0.257 e. The summed E-state index contributed by atoms with van der Waals surface area (Å²) in [7, 11) is 1.57. The molecule has 0 unspecified atom stereocenters. The van der Waals surface area contributed by atoms with E-state index >= 15 is 0 Å². The lowest BCUT2D eigenvalue weighted by molar-refractivity contribution is 0.0696. The fourth-order valence-corrected chi connectivity index (χ4v) is 7.80. The number of rotatable bonds is 7. The van der Waals surface area contributed by atoms with E-state index in [4.69, 9.17) is 29.2 Å². The first-order chi connectivity index (χ1) is 26.3. The molecule has 4 aliphatic rings. The standard InChI is InChI=1S/C44H39N5O5/c1-26-12-13-32(24-53-40-18-37-35(14-27(40)2)43(50)48-22-30-10-6-4-8-28(30)15-33(48)20-45-37)47-39(26)25-54-42-19-38-36(17-41(42)52-3)44(51)49-23-31-11-7-5-9-29(31)16-34(49)21-46-38/h4-14,17-21,33-34H,15-16,22-25H2,1-3H3/t33-,34-/m0/s1. The van der Waals surface area contributed by atoms with Crippen molar-refractivity contribution in [3.05, 3.63) is 141 Å². The molecule has 0 aliphatic carbocycles. The lowest BCUT2D eigenvalue weighted by atomic mass is 9.94. The van der Waals surface area contributed by atoms with E-state index in [1.807, 2.05) is 84.6 Å². The van der Waals surface area contributed by atoms with Gasteiger partial charge in [0.15, 0.2) is 11.5 Å². The maximum atomic E-state index is 13.8. The Balaban J connectivity index is 0.903. The summed E-state index contributed by atoms with van der Waals surface area (Å²) >= 11 is 0. The molecule has 9 rings (SSSR count). The molecule has 54 heavy (non-hydrogen) atoms. The highest BCUT2D eigenvalue weighted by Crippen LogP contribution is 2.39. The van der Waals surface area contributed by atoms with Gasteiger partial charge in [0.2, 0.25) is 0 Å². The average Bonchev–Trinajstić information content (AvgIpc) is 3.41. The van der Waals surface area contributed by atoms with Crippen molar-refractivity contribution in [2.75, 3.05) is 7.11 Å². The van der Waals surface area contributed by atoms with Gasteiger partial charge in [0, 0.05) is 37.7 Å². The SMILES string of the molecule is COc1cc2c(cc1OCc1nc(COc3cc4c(cc3C)C(=O)N3Cc5ccccc5C[C@H]3C=N4)ccc1C)N=C[C@@H]1Cc3ccccc3CN1C2=O. The van der Waals surface area contributed by atoms with Crippen LogP contribution in [0.25, 0.3) is 0 Å². The highest BCUT2D eigenvalue weighted by atomic mass is 16.5. The van der Waals surface area contributed by atoms with E-state index in [-0.39, 0.29) is 37.1 Å². The monoisotopic (exact) mass is 717 g/mol. The van der Waals surface area contributed by atoms with Gasteiger partial charge in [-0.2, -0.15) is 0 Å². The molecular formula is C44H39N5O5. The van der Waals surface area contributed by atoms with Crippen LogP contribution in [0.15, 0.2) is 94.9 Å². The van der Waals surface area contributed by atoms with E-state index in [0.29, 0.717) is 52.8 Å². The third kappa shape index (κ3) is 6.07. The molecule has 0 saturated carbocycles. The average molecular weight is 718 g/mol. The number of aryl methyl sites for hydroxylation is 2. The van der Waals surface area contributed by atoms with Crippen molar-refractivity contribution in [1.82, 2.24) is 14.8 Å². The first-order valence-corrected chi connectivity index (χ1v) is 18.2. The molecule has 2 atom stereocenters. The Labute approximate surface area is 313 Å². The van der Waals surface area contributed by atoms with Gasteiger partial charge in [0.25, 0.3) is 11.8 Å². The minimum Gasteiger partial charge on any atom is -0.493 e. The number of carbonyl (C=O) groups excluding carboxylic acids is 2. The number of pyridine rings is 1. The summed E-state index contributed by atoms with van der Waals surface area (Å²) in [4.78, 5) is 45.7. The van der Waals surface area contributed by atoms with Crippen LogP contribution in [0.4, 0.5) is 11.4 Å². The van der Waals surface area contributed by atoms with Crippen molar-refractivity contribution < 1.29 is 23.8 Å². The fourth-order valence-electron chi connectivity index (χ4n) is 7.80. The molecule has 4 aliphatic heterocycles. The van der Waals surface area contributed by atoms with Crippen LogP contribution in [0, 0.1) is 13.8 Å². The first kappa shape index (κ1) is 33.5. The number of methoxy groups -OCH3 is 1. The van der Waals surface area contributed by atoms with Crippen LogP contribution in [0.3, 0.4) is 0 Å². The van der Waals surface area contributed by atoms with Gasteiger partial charge in [-0.3, -0.25) is 24.6 Å². The minimum absolute atomic E-state index is 0.0206. The Morgan fingerprint density at radius 2 is 1.19 bits per heavy atom. The van der Waals surface area contributed by atoms with Gasteiger partial charge in [-0.1, -0.05) is 54.6 Å². The lowest BCUT2D eigenvalue weighted by Gasteiger charge is -2.34. The van der Waals surface area contributed by atoms with Crippen LogP contribution < -0.4 is 14.2 Å². The second kappa shape index (κ2) is 13.6. The van der Waals surface area contributed by atoms with Crippen LogP contribution in [0.2, 0.25) is 0 Å². The van der Waals surface area contributed by atoms with Gasteiger partial charge in [0.1, 0.15) is 19.0 Å². The van der Waals surface area contributed by atoms with E-state index in [9.17, 15) is 9.59 Å². The molecule has 1 aromatic heterocycles. The summed E-state index contributed by atoms with van der Waals surface area (Å²) in [6, 6.07) is 27.5. The number of hydrogen-bond acceptors (Lipinski definition) is 8. The lowest BCUT2D eigenvalue weighted by Crippen LogP contribution is -2.44. The quantitative estimate of drug-likeness (QED) is 0.173. The number of nitrogens with zero attached hydrogens (tertiary/aromatic N) is 5. The molecule has 2 amide bonds. The zero-order chi connectivity index (χ0) is 36.9. The number of ether oxygens (including phenoxy) is 3. The molecule has 0 saturated heterocycles. The predicted octanol–water partition coefficient (Wildman–Crippen LogP) is 7.43. The number of fused-ring (bicyclic) bond motifs is 6. The summed E-state index contributed by atoms with van der Waals surface area (Å²) in [6.07, 6.45) is 5.22. The second-order valence-corrected chi connectivity index (χ2v) is 14.3. The van der Waals surface area contributed by atoms with E-state index in [0.717, 1.165) is 40.9 Å². The smallest absolute Gasteiger partial charge is 0.257 e. The predicted molar refractivity (Wildman–Crippen MR) is 206 cm³/mol. The molecule has 270 valence electrons. The normalized spacial score (nSPS) is 18.0. The van der Waals surface area contributed by atoms with E-state index in [1.165, 1.54) is 16.7 Å². The Morgan fingerprint density at radius 3 is 1.80 bits per heavy atom. The minimum atomic E-state index is -0.127.